The fourth-order valence-corrected chi connectivity index (χ4v) is 3.48. The first-order valence-corrected chi connectivity index (χ1v) is 11.0. The van der Waals surface area contributed by atoms with Gasteiger partial charge in [-0.3, -0.25) is 9.59 Å². The highest BCUT2D eigenvalue weighted by atomic mass is 16.7. The lowest BCUT2D eigenvalue weighted by molar-refractivity contribution is -0.201. The van der Waals surface area contributed by atoms with E-state index in [9.17, 15) is 29.4 Å². The molecule has 8 nitrogen and oxygen atoms in total. The Morgan fingerprint density at radius 3 is 1.05 bits per heavy atom. The van der Waals surface area contributed by atoms with Gasteiger partial charge in [0.15, 0.2) is 11.6 Å². The zero-order valence-corrected chi connectivity index (χ0v) is 19.2. The zero-order chi connectivity index (χ0) is 26.4. The van der Waals surface area contributed by atoms with Crippen molar-refractivity contribution in [3.8, 4) is 11.5 Å². The average molecular weight is 496 g/mol. The Morgan fingerprint density at radius 1 is 0.459 bits per heavy atom. The van der Waals surface area contributed by atoms with E-state index < -0.39 is 17.7 Å². The molecule has 0 aliphatic heterocycles. The maximum atomic E-state index is 12.6. The second-order valence-electron chi connectivity index (χ2n) is 7.87. The number of rotatable bonds is 10. The average Bonchev–Trinajstić information content (AvgIpc) is 2.93. The van der Waals surface area contributed by atoms with Gasteiger partial charge in [-0.25, -0.2) is 9.59 Å². The highest BCUT2D eigenvalue weighted by Gasteiger charge is 2.53. The third-order valence-electron chi connectivity index (χ3n) is 5.39. The van der Waals surface area contributed by atoms with Gasteiger partial charge in [-0.15, -0.1) is 0 Å². The lowest BCUT2D eigenvalue weighted by Crippen LogP contribution is -2.56. The molecule has 0 amide bonds. The topological polar surface area (TPSA) is 127 Å². The molecule has 4 aromatic rings. The molecule has 0 saturated heterocycles. The predicted octanol–water partition coefficient (Wildman–Crippen LogP) is 4.47. The van der Waals surface area contributed by atoms with Crippen molar-refractivity contribution in [2.24, 2.45) is 0 Å². The Balaban J connectivity index is 1.55. The maximum Gasteiger partial charge on any atom is 0.452 e. The minimum absolute atomic E-state index is 0.148. The van der Waals surface area contributed by atoms with E-state index in [4.69, 9.17) is 9.47 Å². The fraction of sp³-hybridized carbons (Fsp3) is 0.0345. The SMILES string of the molecule is O=C(c1ccccc1)c1ccc(OC(Oc2ccc(C(=O)c3ccccc3)cc2)(C(=O)O)C(=O)O)cc1. The Labute approximate surface area is 211 Å². The van der Waals surface area contributed by atoms with Gasteiger partial charge in [0.1, 0.15) is 11.5 Å². The van der Waals surface area contributed by atoms with E-state index >= 15 is 0 Å². The van der Waals surface area contributed by atoms with Crippen LogP contribution in [-0.2, 0) is 9.59 Å². The summed E-state index contributed by atoms with van der Waals surface area (Å²) in [5.74, 6) is -7.78. The molecule has 0 aliphatic rings. The van der Waals surface area contributed by atoms with Crippen LogP contribution < -0.4 is 9.47 Å². The van der Waals surface area contributed by atoms with Crippen molar-refractivity contribution in [2.75, 3.05) is 0 Å². The highest BCUT2D eigenvalue weighted by molar-refractivity contribution is 6.09. The van der Waals surface area contributed by atoms with Crippen molar-refractivity contribution >= 4 is 23.5 Å². The third-order valence-corrected chi connectivity index (χ3v) is 5.39. The molecule has 37 heavy (non-hydrogen) atoms. The molecule has 0 unspecified atom stereocenters. The van der Waals surface area contributed by atoms with Crippen LogP contribution in [0.3, 0.4) is 0 Å². The number of carboxylic acids is 2. The van der Waals surface area contributed by atoms with Gasteiger partial charge in [0.05, 0.1) is 0 Å². The number of ketones is 2. The van der Waals surface area contributed by atoms with Crippen molar-refractivity contribution in [3.05, 3.63) is 131 Å². The van der Waals surface area contributed by atoms with Crippen LogP contribution in [0.25, 0.3) is 0 Å². The van der Waals surface area contributed by atoms with Gasteiger partial charge in [0.2, 0.25) is 0 Å². The van der Waals surface area contributed by atoms with Gasteiger partial charge in [-0.05, 0) is 48.5 Å². The van der Waals surface area contributed by atoms with E-state index in [-0.39, 0.29) is 23.1 Å². The molecule has 0 atom stereocenters. The summed E-state index contributed by atoms with van der Waals surface area (Å²) in [5, 5.41) is 19.5. The molecule has 2 N–H and O–H groups in total. The molecule has 4 rings (SSSR count). The molecule has 0 bridgehead atoms. The number of hydrogen-bond acceptors (Lipinski definition) is 6. The number of carbonyl (C=O) groups excluding carboxylic acids is 2. The molecule has 4 aromatic carbocycles. The van der Waals surface area contributed by atoms with Gasteiger partial charge < -0.3 is 19.7 Å². The number of benzene rings is 4. The molecule has 184 valence electrons. The number of ether oxygens (including phenoxy) is 2. The van der Waals surface area contributed by atoms with E-state index in [2.05, 4.69) is 0 Å². The number of carbonyl (C=O) groups is 4. The molecular weight excluding hydrogens is 476 g/mol. The van der Waals surface area contributed by atoms with Gasteiger partial charge in [0, 0.05) is 22.3 Å². The largest absolute Gasteiger partial charge is 0.475 e. The van der Waals surface area contributed by atoms with Crippen molar-refractivity contribution in [1.82, 2.24) is 0 Å². The van der Waals surface area contributed by atoms with E-state index in [1.807, 2.05) is 0 Å². The van der Waals surface area contributed by atoms with Gasteiger partial charge in [0.25, 0.3) is 0 Å². The maximum absolute atomic E-state index is 12.6. The van der Waals surface area contributed by atoms with Gasteiger partial charge in [-0.2, -0.15) is 0 Å². The summed E-state index contributed by atoms with van der Waals surface area (Å²) in [5.41, 5.74) is 1.52. The quantitative estimate of drug-likeness (QED) is 0.187. The summed E-state index contributed by atoms with van der Waals surface area (Å²) < 4.78 is 10.6. The zero-order valence-electron chi connectivity index (χ0n) is 19.2. The van der Waals surface area contributed by atoms with Crippen molar-refractivity contribution in [1.29, 1.82) is 0 Å². The number of carboxylic acid groups (broad SMARTS) is 2. The molecule has 0 aromatic heterocycles. The smallest absolute Gasteiger partial charge is 0.452 e. The van der Waals surface area contributed by atoms with E-state index in [1.165, 1.54) is 48.5 Å². The summed E-state index contributed by atoms with van der Waals surface area (Å²) in [6.07, 6.45) is 0. The summed E-state index contributed by atoms with van der Waals surface area (Å²) in [6, 6.07) is 27.7. The molecule has 0 spiro atoms. The lowest BCUT2D eigenvalue weighted by Gasteiger charge is -2.26. The number of aliphatic carboxylic acids is 2. The summed E-state index contributed by atoms with van der Waals surface area (Å²) in [6.45, 7) is 0. The van der Waals surface area contributed by atoms with E-state index in [1.54, 1.807) is 60.7 Å². The first kappa shape index (κ1) is 24.9. The molecule has 8 heteroatoms. The second-order valence-corrected chi connectivity index (χ2v) is 7.87. The van der Waals surface area contributed by atoms with Crippen LogP contribution in [0, 0.1) is 0 Å². The highest BCUT2D eigenvalue weighted by Crippen LogP contribution is 2.26. The first-order valence-electron chi connectivity index (χ1n) is 11.0. The van der Waals surface area contributed by atoms with Gasteiger partial charge in [-0.1, -0.05) is 60.7 Å². The van der Waals surface area contributed by atoms with Crippen LogP contribution in [0.15, 0.2) is 109 Å². The Kier molecular flexibility index (Phi) is 7.11. The monoisotopic (exact) mass is 496 g/mol. The first-order chi connectivity index (χ1) is 17.8. The summed E-state index contributed by atoms with van der Waals surface area (Å²) in [7, 11) is 0. The Morgan fingerprint density at radius 2 is 0.757 bits per heavy atom. The predicted molar refractivity (Wildman–Crippen MR) is 132 cm³/mol. The molecule has 0 aliphatic carbocycles. The van der Waals surface area contributed by atoms with Crippen LogP contribution >= 0.6 is 0 Å². The molecule has 0 radical (unpaired) electrons. The second kappa shape index (κ2) is 10.6. The molecule has 0 saturated carbocycles. The van der Waals surface area contributed by atoms with Crippen LogP contribution in [-0.4, -0.2) is 39.5 Å². The van der Waals surface area contributed by atoms with E-state index in [0.29, 0.717) is 22.3 Å². The van der Waals surface area contributed by atoms with Crippen LogP contribution in [0.1, 0.15) is 31.8 Å². The minimum Gasteiger partial charge on any atom is -0.475 e. The normalized spacial score (nSPS) is 10.8. The summed E-state index contributed by atoms with van der Waals surface area (Å²) >= 11 is 0. The van der Waals surface area contributed by atoms with Crippen molar-refractivity contribution in [3.63, 3.8) is 0 Å². The minimum atomic E-state index is -3.13. The lowest BCUT2D eigenvalue weighted by atomic mass is 10.0. The summed E-state index contributed by atoms with van der Waals surface area (Å²) in [4.78, 5) is 49.3. The van der Waals surface area contributed by atoms with Crippen LogP contribution in [0.2, 0.25) is 0 Å². The van der Waals surface area contributed by atoms with E-state index in [0.717, 1.165) is 0 Å². The van der Waals surface area contributed by atoms with Crippen LogP contribution in [0.5, 0.6) is 11.5 Å². The molecule has 0 fully saturated rings. The van der Waals surface area contributed by atoms with Crippen LogP contribution in [0.4, 0.5) is 0 Å². The van der Waals surface area contributed by atoms with Gasteiger partial charge >= 0.3 is 17.7 Å². The van der Waals surface area contributed by atoms with Crippen molar-refractivity contribution in [2.45, 2.75) is 5.79 Å². The third kappa shape index (κ3) is 5.38. The molecular formula is C29H20O8. The molecule has 0 heterocycles. The van der Waals surface area contributed by atoms with Crippen molar-refractivity contribution < 1.29 is 38.9 Å². The fourth-order valence-electron chi connectivity index (χ4n) is 3.48. The standard InChI is InChI=1S/C29H20O8/c30-25(19-7-3-1-4-8-19)21-11-15-23(16-12-21)36-29(27(32)33,28(34)35)37-24-17-13-22(14-18-24)26(31)20-9-5-2-6-10-20/h1-18H,(H,32,33)(H,34,35). The Hall–Kier alpha value is -5.24. The number of hydrogen-bond donors (Lipinski definition) is 2. The Bertz CT molecular complexity index is 1310.